The van der Waals surface area contributed by atoms with Gasteiger partial charge in [0.15, 0.2) is 5.01 Å². The molecule has 5 nitrogen and oxygen atoms in total. The Morgan fingerprint density at radius 1 is 1.20 bits per heavy atom. The quantitative estimate of drug-likeness (QED) is 0.626. The van der Waals surface area contributed by atoms with Gasteiger partial charge in [-0.3, -0.25) is 14.6 Å². The number of aromatic nitrogens is 2. The van der Waals surface area contributed by atoms with Crippen LogP contribution in [-0.4, -0.2) is 21.7 Å². The van der Waals surface area contributed by atoms with Crippen LogP contribution in [0.15, 0.2) is 53.3 Å². The number of hydrogen-bond acceptors (Lipinski definition) is 5. The maximum Gasteiger partial charge on any atom is 0.263 e. The van der Waals surface area contributed by atoms with Gasteiger partial charge in [-0.05, 0) is 34.5 Å². The van der Waals surface area contributed by atoms with Crippen LogP contribution in [0.4, 0.5) is 0 Å². The number of pyridine rings is 1. The number of nitrogens with one attached hydrogen (secondary N) is 1. The van der Waals surface area contributed by atoms with Gasteiger partial charge in [-0.1, -0.05) is 30.3 Å². The summed E-state index contributed by atoms with van der Waals surface area (Å²) in [6.45, 7) is 2.19. The number of hydrogen-bond donors (Lipinski definition) is 1. The van der Waals surface area contributed by atoms with E-state index in [0.29, 0.717) is 22.7 Å². The lowest BCUT2D eigenvalue weighted by molar-refractivity contribution is 0.0954. The second-order valence-corrected chi connectivity index (χ2v) is 7.26. The van der Waals surface area contributed by atoms with E-state index in [0.717, 1.165) is 21.4 Å². The van der Waals surface area contributed by atoms with Gasteiger partial charge in [0.1, 0.15) is 4.88 Å². The molecule has 3 aromatic rings. The van der Waals surface area contributed by atoms with Gasteiger partial charge >= 0.3 is 0 Å². The third kappa shape index (κ3) is 4.18. The molecule has 0 spiro atoms. The lowest BCUT2D eigenvalue weighted by Crippen LogP contribution is -2.21. The summed E-state index contributed by atoms with van der Waals surface area (Å²) in [5, 5.41) is 3.10. The molecule has 0 atom stereocenters. The molecule has 0 aliphatic rings. The predicted molar refractivity (Wildman–Crippen MR) is 104 cm³/mol. The number of carbonyl (C=O) groups is 2. The zero-order valence-corrected chi connectivity index (χ0v) is 15.7. The highest BCUT2D eigenvalue weighted by atomic mass is 79.9. The van der Waals surface area contributed by atoms with Crippen LogP contribution in [0.1, 0.15) is 39.1 Å². The van der Waals surface area contributed by atoms with Gasteiger partial charge < -0.3 is 5.32 Å². The second-order valence-electron chi connectivity index (χ2n) is 5.31. The van der Waals surface area contributed by atoms with E-state index in [4.69, 9.17) is 0 Å². The lowest BCUT2D eigenvalue weighted by Gasteiger charge is -2.03. The molecule has 0 unspecified atom stereocenters. The van der Waals surface area contributed by atoms with Gasteiger partial charge in [-0.15, -0.1) is 11.3 Å². The Labute approximate surface area is 160 Å². The molecule has 0 saturated heterocycles. The summed E-state index contributed by atoms with van der Waals surface area (Å²) in [7, 11) is 0. The number of nitrogens with zero attached hydrogens (tertiary/aromatic N) is 2. The zero-order chi connectivity index (χ0) is 17.8. The molecule has 0 aliphatic carbocycles. The first-order chi connectivity index (χ1) is 12.0. The number of thiazole rings is 1. The average Bonchev–Trinajstić information content (AvgIpc) is 3.12. The minimum Gasteiger partial charge on any atom is -0.347 e. The van der Waals surface area contributed by atoms with Crippen LogP contribution in [-0.2, 0) is 6.54 Å². The van der Waals surface area contributed by atoms with Crippen molar-refractivity contribution in [1.29, 1.82) is 0 Å². The van der Waals surface area contributed by atoms with Crippen molar-refractivity contribution in [3.63, 3.8) is 0 Å². The molecular formula is C18H18BrN3O2S. The monoisotopic (exact) mass is 419 g/mol. The molecule has 7 heteroatoms. The van der Waals surface area contributed by atoms with Crippen molar-refractivity contribution >= 4 is 39.0 Å². The standard InChI is InChI=1S/C18H14BrN3O2S.2H2/c1-11-14(7-13(19)9-20-11)16(23)18-22-10-15(25-18)17(24)21-8-12-5-3-2-4-6-12;;/h2-7,9-10H,8H2,1H3,(H,21,24);2*1H. The van der Waals surface area contributed by atoms with E-state index in [1.54, 1.807) is 19.2 Å². The number of benzene rings is 1. The molecule has 0 radical (unpaired) electrons. The van der Waals surface area contributed by atoms with E-state index in [-0.39, 0.29) is 19.6 Å². The lowest BCUT2D eigenvalue weighted by atomic mass is 10.1. The first-order valence-electron chi connectivity index (χ1n) is 7.49. The summed E-state index contributed by atoms with van der Waals surface area (Å²) < 4.78 is 0.721. The summed E-state index contributed by atoms with van der Waals surface area (Å²) in [5.41, 5.74) is 2.10. The molecule has 2 aromatic heterocycles. The summed E-state index contributed by atoms with van der Waals surface area (Å²) in [6.07, 6.45) is 3.06. The van der Waals surface area contributed by atoms with E-state index < -0.39 is 0 Å². The highest BCUT2D eigenvalue weighted by Gasteiger charge is 2.19. The molecule has 0 fully saturated rings. The van der Waals surface area contributed by atoms with E-state index in [2.05, 4.69) is 31.2 Å². The molecule has 2 heterocycles. The SMILES string of the molecule is Cc1ncc(Br)cc1C(=O)c1ncc(C(=O)NCc2ccccc2)s1.[HH].[HH]. The Morgan fingerprint density at radius 3 is 2.72 bits per heavy atom. The van der Waals surface area contributed by atoms with Gasteiger partial charge in [0.05, 0.1) is 6.20 Å². The van der Waals surface area contributed by atoms with Crippen LogP contribution >= 0.6 is 27.3 Å². The maximum atomic E-state index is 12.6. The Balaban J connectivity index is 0.00000182. The summed E-state index contributed by atoms with van der Waals surface area (Å²) >= 11 is 4.39. The van der Waals surface area contributed by atoms with Crippen LogP contribution in [0.25, 0.3) is 0 Å². The average molecular weight is 420 g/mol. The van der Waals surface area contributed by atoms with E-state index >= 15 is 0 Å². The highest BCUT2D eigenvalue weighted by molar-refractivity contribution is 9.10. The molecule has 25 heavy (non-hydrogen) atoms. The van der Waals surface area contributed by atoms with Crippen LogP contribution in [0.2, 0.25) is 0 Å². The van der Waals surface area contributed by atoms with Crippen molar-refractivity contribution in [2.75, 3.05) is 0 Å². The number of ketones is 1. The zero-order valence-electron chi connectivity index (χ0n) is 13.3. The third-order valence-corrected chi connectivity index (χ3v) is 4.95. The Kier molecular flexibility index (Phi) is 5.35. The third-order valence-electron chi connectivity index (χ3n) is 3.52. The first-order valence-corrected chi connectivity index (χ1v) is 9.10. The molecule has 130 valence electrons. The normalized spacial score (nSPS) is 10.5. The van der Waals surface area contributed by atoms with Gasteiger partial charge in [0, 0.05) is 31.3 Å². The fourth-order valence-corrected chi connectivity index (χ4v) is 3.32. The minimum absolute atomic E-state index is 0. The fourth-order valence-electron chi connectivity index (χ4n) is 2.20. The molecule has 1 amide bonds. The van der Waals surface area contributed by atoms with Crippen molar-refractivity contribution in [2.45, 2.75) is 13.5 Å². The summed E-state index contributed by atoms with van der Waals surface area (Å²) in [6, 6.07) is 11.3. The number of halogens is 1. The second kappa shape index (κ2) is 7.67. The molecule has 0 bridgehead atoms. The Morgan fingerprint density at radius 2 is 1.96 bits per heavy atom. The van der Waals surface area contributed by atoms with Gasteiger partial charge in [-0.2, -0.15) is 0 Å². The number of aryl methyl sites for hydroxylation is 1. The molecule has 1 aromatic carbocycles. The van der Waals surface area contributed by atoms with Gasteiger partial charge in [0.25, 0.3) is 5.91 Å². The van der Waals surface area contributed by atoms with Gasteiger partial charge in [0.2, 0.25) is 5.78 Å². The van der Waals surface area contributed by atoms with E-state index in [1.165, 1.54) is 6.20 Å². The number of rotatable bonds is 5. The van der Waals surface area contributed by atoms with Crippen LogP contribution in [0, 0.1) is 6.92 Å². The molecular weight excluding hydrogens is 402 g/mol. The van der Waals surface area contributed by atoms with Crippen LogP contribution < -0.4 is 5.32 Å². The molecule has 1 N–H and O–H groups in total. The number of carbonyl (C=O) groups excluding carboxylic acids is 2. The smallest absolute Gasteiger partial charge is 0.263 e. The van der Waals surface area contributed by atoms with E-state index in [9.17, 15) is 9.59 Å². The van der Waals surface area contributed by atoms with Crippen LogP contribution in [0.5, 0.6) is 0 Å². The van der Waals surface area contributed by atoms with Crippen molar-refractivity contribution in [3.8, 4) is 0 Å². The van der Waals surface area contributed by atoms with Crippen molar-refractivity contribution in [3.05, 3.63) is 80.0 Å². The predicted octanol–water partition coefficient (Wildman–Crippen LogP) is 4.26. The molecule has 3 rings (SSSR count). The summed E-state index contributed by atoms with van der Waals surface area (Å²) in [5.74, 6) is -0.483. The van der Waals surface area contributed by atoms with E-state index in [1.807, 2.05) is 30.3 Å². The Hall–Kier alpha value is -2.38. The van der Waals surface area contributed by atoms with Crippen molar-refractivity contribution in [1.82, 2.24) is 15.3 Å². The Bertz CT molecular complexity index is 935. The maximum absolute atomic E-state index is 12.6. The minimum atomic E-state index is -0.246. The number of amides is 1. The highest BCUT2D eigenvalue weighted by Crippen LogP contribution is 2.21. The topological polar surface area (TPSA) is 72.0 Å². The van der Waals surface area contributed by atoms with Crippen LogP contribution in [0.3, 0.4) is 0 Å². The van der Waals surface area contributed by atoms with Crippen molar-refractivity contribution < 1.29 is 12.4 Å². The largest absolute Gasteiger partial charge is 0.347 e. The van der Waals surface area contributed by atoms with Crippen molar-refractivity contribution in [2.24, 2.45) is 0 Å². The summed E-state index contributed by atoms with van der Waals surface area (Å²) in [4.78, 5) is 33.5. The van der Waals surface area contributed by atoms with Gasteiger partial charge in [-0.25, -0.2) is 4.98 Å². The molecule has 0 saturated carbocycles. The first kappa shape index (κ1) is 17.4. The fraction of sp³-hybridized carbons (Fsp3) is 0.111. The molecule has 0 aliphatic heterocycles.